The number of nitrogens with zero attached hydrogens (tertiary/aromatic N) is 20. The van der Waals surface area contributed by atoms with Crippen molar-refractivity contribution in [3.05, 3.63) is 388 Å². The van der Waals surface area contributed by atoms with Crippen molar-refractivity contribution in [2.75, 3.05) is 0 Å². The van der Waals surface area contributed by atoms with Gasteiger partial charge in [0.25, 0.3) is 0 Å². The monoisotopic (exact) mass is 1520 g/mol. The summed E-state index contributed by atoms with van der Waals surface area (Å²) in [6, 6.07) is 112. The van der Waals surface area contributed by atoms with Crippen LogP contribution in [0.15, 0.2) is 377 Å². The highest BCUT2D eigenvalue weighted by molar-refractivity contribution is 5.95. The first-order chi connectivity index (χ1) is 58.3. The Morgan fingerprint density at radius 1 is 0.220 bits per heavy atom. The van der Waals surface area contributed by atoms with Crippen LogP contribution in [0, 0.1) is 0 Å². The fourth-order valence-corrected chi connectivity index (χ4v) is 14.8. The van der Waals surface area contributed by atoms with Gasteiger partial charge in [-0.15, -0.1) is 30.6 Å². The zero-order valence-electron chi connectivity index (χ0n) is 63.7. The molecule has 0 bridgehead atoms. The fourth-order valence-electron chi connectivity index (χ4n) is 14.8. The van der Waals surface area contributed by atoms with Crippen LogP contribution in [0.5, 0.6) is 0 Å². The van der Waals surface area contributed by atoms with Gasteiger partial charge in [-0.05, 0) is 191 Å². The number of rotatable bonds is 15. The van der Waals surface area contributed by atoms with Crippen molar-refractivity contribution in [2.45, 2.75) is 19.3 Å². The number of hydrogen-bond acceptors (Lipinski definition) is 17. The Hall–Kier alpha value is -16.4. The van der Waals surface area contributed by atoms with Gasteiger partial charge in [0.2, 0.25) is 0 Å². The standard InChI is InChI=1S/C38H28N6.C32H21N7.C28H19N7/c1-38(2)29-15-7-6-14-27(29)28-22-21-25(24-30(28)38)31-17-10-19-34(40-31)36-42-43-37(44(36)26-12-4-3-5-13-26)35-20-11-18-33(41-35)32-16-8-9-23-39-32;1-2-11-23(12-3-1)39-31(37-38-32(39)30-18-9-16-28(36-30)27-14-6-7-19-34-27)29-17-8-15-26(35-29)25-21-33-20-22-10-4-5-13-24(22)25;1-2-10-20(11-3-1)35-27(25-16-8-14-23(31-25)21-12-4-6-18-29-21)33-34-28(35)26-17-9-15-24(32-26)22-13-5-7-19-30-22/h3-24H,1-2H3;1-21H;1-19H. The Labute approximate surface area is 678 Å². The van der Waals surface area contributed by atoms with E-state index in [9.17, 15) is 0 Å². The van der Waals surface area contributed by atoms with Crippen molar-refractivity contribution < 1.29 is 0 Å². The van der Waals surface area contributed by atoms with E-state index >= 15 is 0 Å². The molecule has 0 amide bonds. The van der Waals surface area contributed by atoms with Gasteiger partial charge in [0, 0.05) is 76.2 Å². The van der Waals surface area contributed by atoms with Gasteiger partial charge in [0.15, 0.2) is 34.9 Å². The Bertz CT molecular complexity index is 6860. The largest absolute Gasteiger partial charge is 0.272 e. The van der Waals surface area contributed by atoms with E-state index in [1.807, 2.05) is 305 Å². The maximum atomic E-state index is 5.14. The number of fused-ring (bicyclic) bond motifs is 4. The zero-order chi connectivity index (χ0) is 79.1. The van der Waals surface area contributed by atoms with Crippen LogP contribution in [0.4, 0.5) is 0 Å². The first-order valence-electron chi connectivity index (χ1n) is 38.4. The summed E-state index contributed by atoms with van der Waals surface area (Å²) in [7, 11) is 0. The molecule has 118 heavy (non-hydrogen) atoms. The lowest BCUT2D eigenvalue weighted by Crippen LogP contribution is -2.14. The topological polar surface area (TPSA) is 234 Å². The molecule has 0 fully saturated rings. The van der Waals surface area contributed by atoms with Crippen molar-refractivity contribution >= 4 is 10.8 Å². The van der Waals surface area contributed by atoms with Crippen molar-refractivity contribution in [1.29, 1.82) is 0 Å². The van der Waals surface area contributed by atoms with Crippen molar-refractivity contribution in [1.82, 2.24) is 99.1 Å². The minimum Gasteiger partial charge on any atom is -0.272 e. The van der Waals surface area contributed by atoms with Gasteiger partial charge in [-0.1, -0.05) is 190 Å². The predicted molar refractivity (Wildman–Crippen MR) is 460 cm³/mol. The summed E-state index contributed by atoms with van der Waals surface area (Å²) >= 11 is 0. The molecule has 0 aliphatic heterocycles. The summed E-state index contributed by atoms with van der Waals surface area (Å²) in [5, 5.41) is 29.8. The van der Waals surface area contributed by atoms with Crippen LogP contribution in [0.1, 0.15) is 25.0 Å². The third kappa shape index (κ3) is 14.4. The molecule has 20 nitrogen and oxygen atoms in total. The predicted octanol–water partition coefficient (Wildman–Crippen LogP) is 20.6. The first-order valence-corrected chi connectivity index (χ1v) is 38.4. The molecule has 14 aromatic heterocycles. The molecule has 20 heteroatoms. The molecule has 20 aromatic rings. The number of para-hydroxylation sites is 3. The smallest absolute Gasteiger partial charge is 0.187 e. The lowest BCUT2D eigenvalue weighted by Gasteiger charge is -2.21. The van der Waals surface area contributed by atoms with E-state index in [4.69, 9.17) is 29.9 Å². The first kappa shape index (κ1) is 71.9. The maximum Gasteiger partial charge on any atom is 0.187 e. The van der Waals surface area contributed by atoms with E-state index in [1.54, 1.807) is 24.8 Å². The maximum absolute atomic E-state index is 5.14. The molecule has 0 unspecified atom stereocenters. The summed E-state index contributed by atoms with van der Waals surface area (Å²) in [5.74, 6) is 3.76. The molecular formula is C98H68N20. The molecule has 0 radical (unpaired) electrons. The molecule has 560 valence electrons. The molecule has 1 aliphatic carbocycles. The lowest BCUT2D eigenvalue weighted by atomic mass is 9.82. The third-order valence-corrected chi connectivity index (χ3v) is 20.4. The summed E-state index contributed by atoms with van der Waals surface area (Å²) in [6.07, 6.45) is 10.8. The molecule has 0 atom stereocenters. The van der Waals surface area contributed by atoms with E-state index < -0.39 is 0 Å². The van der Waals surface area contributed by atoms with E-state index in [0.717, 1.165) is 102 Å². The number of pyridine rings is 11. The Kier molecular flexibility index (Phi) is 19.5. The highest BCUT2D eigenvalue weighted by Gasteiger charge is 2.36. The van der Waals surface area contributed by atoms with Crippen LogP contribution in [0.3, 0.4) is 0 Å². The van der Waals surface area contributed by atoms with Gasteiger partial charge in [0.1, 0.15) is 34.2 Å². The Morgan fingerprint density at radius 2 is 0.525 bits per heavy atom. The molecule has 1 aliphatic rings. The van der Waals surface area contributed by atoms with Gasteiger partial charge in [-0.3, -0.25) is 38.6 Å². The minimum absolute atomic E-state index is 0.0846. The molecular weight excluding hydrogens is 1460 g/mol. The molecule has 6 aromatic carbocycles. The summed E-state index contributed by atoms with van der Waals surface area (Å²) in [4.78, 5) is 52.0. The van der Waals surface area contributed by atoms with Gasteiger partial charge in [-0.2, -0.15) is 0 Å². The lowest BCUT2D eigenvalue weighted by molar-refractivity contribution is 0.660. The second-order valence-corrected chi connectivity index (χ2v) is 28.2. The van der Waals surface area contributed by atoms with Gasteiger partial charge < -0.3 is 0 Å². The summed E-state index contributed by atoms with van der Waals surface area (Å²) in [6.45, 7) is 4.60. The molecule has 0 spiro atoms. The van der Waals surface area contributed by atoms with E-state index in [2.05, 4.69) is 130 Å². The quantitative estimate of drug-likeness (QED) is 0.0928. The number of benzene rings is 6. The van der Waals surface area contributed by atoms with E-state index in [1.165, 1.54) is 22.3 Å². The van der Waals surface area contributed by atoms with Gasteiger partial charge >= 0.3 is 0 Å². The molecule has 14 heterocycles. The number of aromatic nitrogens is 20. The second kappa shape index (κ2) is 32.0. The van der Waals surface area contributed by atoms with Crippen LogP contribution in [0.2, 0.25) is 0 Å². The van der Waals surface area contributed by atoms with Crippen molar-refractivity contribution in [2.24, 2.45) is 0 Å². The van der Waals surface area contributed by atoms with Gasteiger partial charge in [0.05, 0.1) is 56.9 Å². The molecule has 0 N–H and O–H groups in total. The minimum atomic E-state index is -0.0846. The molecule has 0 saturated heterocycles. The highest BCUT2D eigenvalue weighted by Crippen LogP contribution is 2.50. The molecule has 0 saturated carbocycles. The summed E-state index contributed by atoms with van der Waals surface area (Å²) < 4.78 is 6.01. The highest BCUT2D eigenvalue weighted by atomic mass is 15.3. The van der Waals surface area contributed by atoms with E-state index in [-0.39, 0.29) is 5.41 Å². The van der Waals surface area contributed by atoms with Crippen LogP contribution in [-0.4, -0.2) is 99.1 Å². The Morgan fingerprint density at radius 3 is 0.915 bits per heavy atom. The van der Waals surface area contributed by atoms with Crippen LogP contribution < -0.4 is 0 Å². The van der Waals surface area contributed by atoms with E-state index in [0.29, 0.717) is 63.4 Å². The van der Waals surface area contributed by atoms with Gasteiger partial charge in [-0.25, -0.2) is 29.9 Å². The normalized spacial score (nSPS) is 11.7. The zero-order valence-corrected chi connectivity index (χ0v) is 63.7. The average Bonchev–Trinajstić information content (AvgIpc) is 1.58. The third-order valence-electron chi connectivity index (χ3n) is 20.4. The summed E-state index contributed by atoms with van der Waals surface area (Å²) in [5.41, 5.74) is 22.1. The Balaban J connectivity index is 0.000000118. The van der Waals surface area contributed by atoms with Crippen LogP contribution in [-0.2, 0) is 5.41 Å². The fraction of sp³-hybridized carbons (Fsp3) is 0.0306. The van der Waals surface area contributed by atoms with Crippen LogP contribution >= 0.6 is 0 Å². The second-order valence-electron chi connectivity index (χ2n) is 28.2. The van der Waals surface area contributed by atoms with Crippen molar-refractivity contribution in [3.63, 3.8) is 0 Å². The average molecular weight is 1530 g/mol. The number of hydrogen-bond donors (Lipinski definition) is 0. The molecule has 21 rings (SSSR count). The SMILES string of the molecule is CC1(C)c2ccccc2-c2ccc(-c3cccc(-c4nnc(-c5cccc(-c6ccccn6)n5)n4-c4ccccc4)n3)cc21.c1ccc(-n2c(-c3cccc(-c4ccccn4)n3)nnc2-c2cccc(-c3ccccn3)n2)cc1.c1ccc(-n2c(-c3cccc(-c4ccccn4)n3)nnc2-c2cccc(-c3cncc4ccccc34)n2)cc1. The van der Waals surface area contributed by atoms with Crippen molar-refractivity contribution in [3.8, 4) is 165 Å². The van der Waals surface area contributed by atoms with Crippen LogP contribution in [0.25, 0.3) is 176 Å².